The monoisotopic (exact) mass is 233 g/mol. The van der Waals surface area contributed by atoms with Crippen LogP contribution in [-0.4, -0.2) is 12.6 Å². The lowest BCUT2D eigenvalue weighted by atomic mass is 9.86. The minimum atomic E-state index is 0.586. The second-order valence-electron chi connectivity index (χ2n) is 5.46. The molecule has 0 heterocycles. The van der Waals surface area contributed by atoms with Crippen LogP contribution in [0.15, 0.2) is 24.3 Å². The molecule has 0 fully saturated rings. The van der Waals surface area contributed by atoms with Gasteiger partial charge in [0.25, 0.3) is 0 Å². The molecule has 2 unspecified atom stereocenters. The van der Waals surface area contributed by atoms with Crippen LogP contribution < -0.4 is 5.32 Å². The van der Waals surface area contributed by atoms with E-state index < -0.39 is 0 Å². The van der Waals surface area contributed by atoms with Crippen molar-refractivity contribution in [1.29, 1.82) is 0 Å². The number of likely N-dealkylation sites (N-methyl/N-ethyl adjacent to an activating group) is 1. The van der Waals surface area contributed by atoms with Crippen LogP contribution in [0.5, 0.6) is 0 Å². The van der Waals surface area contributed by atoms with Crippen molar-refractivity contribution in [3.8, 4) is 0 Å². The quantitative estimate of drug-likeness (QED) is 0.788. The second kappa shape index (κ2) is 6.80. The fraction of sp³-hybridized carbons (Fsp3) is 0.625. The summed E-state index contributed by atoms with van der Waals surface area (Å²) in [5.74, 6) is 1.43. The molecule has 1 heteroatoms. The molecule has 17 heavy (non-hydrogen) atoms. The summed E-state index contributed by atoms with van der Waals surface area (Å²) in [5.41, 5.74) is 2.78. The van der Waals surface area contributed by atoms with E-state index in [0.717, 1.165) is 18.9 Å². The van der Waals surface area contributed by atoms with Gasteiger partial charge in [-0.05, 0) is 37.3 Å². The van der Waals surface area contributed by atoms with Gasteiger partial charge in [0.05, 0.1) is 0 Å². The number of hydrogen-bond acceptors (Lipinski definition) is 1. The molecule has 1 rings (SSSR count). The summed E-state index contributed by atoms with van der Waals surface area (Å²) in [5, 5.41) is 3.63. The van der Waals surface area contributed by atoms with Crippen molar-refractivity contribution in [1.82, 2.24) is 5.32 Å². The maximum atomic E-state index is 3.63. The zero-order valence-electron chi connectivity index (χ0n) is 12.0. The molecule has 0 spiro atoms. The van der Waals surface area contributed by atoms with Crippen LogP contribution in [0, 0.1) is 18.8 Å². The summed E-state index contributed by atoms with van der Waals surface area (Å²) in [4.78, 5) is 0. The van der Waals surface area contributed by atoms with Crippen LogP contribution in [0.2, 0.25) is 0 Å². The van der Waals surface area contributed by atoms with Crippen LogP contribution in [0.4, 0.5) is 0 Å². The molecule has 2 atom stereocenters. The Morgan fingerprint density at radius 2 is 1.65 bits per heavy atom. The second-order valence-corrected chi connectivity index (χ2v) is 5.46. The molecule has 1 N–H and O–H groups in total. The Bertz CT molecular complexity index is 313. The Kier molecular flexibility index (Phi) is 5.70. The molecule has 0 bridgehead atoms. The Morgan fingerprint density at radius 3 is 2.12 bits per heavy atom. The molecule has 0 saturated heterocycles. The van der Waals surface area contributed by atoms with E-state index in [2.05, 4.69) is 64.2 Å². The molecule has 0 aliphatic carbocycles. The highest BCUT2D eigenvalue weighted by molar-refractivity contribution is 5.22. The van der Waals surface area contributed by atoms with Crippen molar-refractivity contribution >= 4 is 0 Å². The van der Waals surface area contributed by atoms with Crippen LogP contribution >= 0.6 is 0 Å². The molecule has 1 aromatic rings. The average Bonchev–Trinajstić information content (AvgIpc) is 2.30. The molecule has 0 saturated carbocycles. The van der Waals surface area contributed by atoms with Crippen molar-refractivity contribution in [2.75, 3.05) is 6.54 Å². The molecule has 0 aliphatic heterocycles. The van der Waals surface area contributed by atoms with Crippen LogP contribution in [0.25, 0.3) is 0 Å². The normalized spacial score (nSPS) is 14.9. The highest BCUT2D eigenvalue weighted by Crippen LogP contribution is 2.18. The van der Waals surface area contributed by atoms with E-state index in [1.165, 1.54) is 11.1 Å². The van der Waals surface area contributed by atoms with Gasteiger partial charge in [-0.3, -0.25) is 0 Å². The summed E-state index contributed by atoms with van der Waals surface area (Å²) in [6, 6.07) is 9.51. The van der Waals surface area contributed by atoms with Crippen molar-refractivity contribution in [3.05, 3.63) is 35.4 Å². The lowest BCUT2D eigenvalue weighted by molar-refractivity contribution is 0.300. The summed E-state index contributed by atoms with van der Waals surface area (Å²) in [6.07, 6.45) is 1.13. The first-order valence-electron chi connectivity index (χ1n) is 6.83. The summed E-state index contributed by atoms with van der Waals surface area (Å²) in [6.45, 7) is 12.4. The fourth-order valence-electron chi connectivity index (χ4n) is 2.15. The van der Waals surface area contributed by atoms with E-state index in [1.807, 2.05) is 0 Å². The maximum absolute atomic E-state index is 3.63. The van der Waals surface area contributed by atoms with Gasteiger partial charge in [-0.2, -0.15) is 0 Å². The van der Waals surface area contributed by atoms with Gasteiger partial charge in [-0.25, -0.2) is 0 Å². The third kappa shape index (κ3) is 4.51. The van der Waals surface area contributed by atoms with Crippen molar-refractivity contribution in [2.24, 2.45) is 11.8 Å². The van der Waals surface area contributed by atoms with E-state index in [1.54, 1.807) is 0 Å². The minimum Gasteiger partial charge on any atom is -0.314 e. The molecule has 0 radical (unpaired) electrons. The Balaban J connectivity index is 2.69. The number of hydrogen-bond donors (Lipinski definition) is 1. The van der Waals surface area contributed by atoms with E-state index >= 15 is 0 Å². The summed E-state index contributed by atoms with van der Waals surface area (Å²) >= 11 is 0. The van der Waals surface area contributed by atoms with Gasteiger partial charge in [0.1, 0.15) is 0 Å². The third-order valence-corrected chi connectivity index (χ3v) is 3.73. The molecule has 0 aliphatic rings. The number of benzene rings is 1. The smallest absolute Gasteiger partial charge is 0.0135 e. The molecule has 96 valence electrons. The van der Waals surface area contributed by atoms with Crippen LogP contribution in [-0.2, 0) is 6.42 Å². The van der Waals surface area contributed by atoms with Crippen molar-refractivity contribution in [2.45, 2.75) is 47.1 Å². The van der Waals surface area contributed by atoms with Crippen LogP contribution in [0.1, 0.15) is 38.8 Å². The summed E-state index contributed by atoms with van der Waals surface area (Å²) in [7, 11) is 0. The zero-order chi connectivity index (χ0) is 12.8. The molecule has 0 aromatic heterocycles. The lowest BCUT2D eigenvalue weighted by Gasteiger charge is -2.28. The van der Waals surface area contributed by atoms with E-state index in [0.29, 0.717) is 12.0 Å². The van der Waals surface area contributed by atoms with Gasteiger partial charge in [0.15, 0.2) is 0 Å². The van der Waals surface area contributed by atoms with E-state index in [9.17, 15) is 0 Å². The predicted octanol–water partition coefficient (Wildman–Crippen LogP) is 3.81. The van der Waals surface area contributed by atoms with Gasteiger partial charge in [-0.15, -0.1) is 0 Å². The Labute approximate surface area is 107 Å². The summed E-state index contributed by atoms with van der Waals surface area (Å²) < 4.78 is 0. The molecular formula is C16H27N. The topological polar surface area (TPSA) is 12.0 Å². The van der Waals surface area contributed by atoms with Gasteiger partial charge in [0, 0.05) is 6.04 Å². The van der Waals surface area contributed by atoms with Crippen molar-refractivity contribution in [3.63, 3.8) is 0 Å². The van der Waals surface area contributed by atoms with E-state index in [4.69, 9.17) is 0 Å². The fourth-order valence-corrected chi connectivity index (χ4v) is 2.15. The van der Waals surface area contributed by atoms with E-state index in [-0.39, 0.29) is 0 Å². The Morgan fingerprint density at radius 1 is 1.06 bits per heavy atom. The largest absolute Gasteiger partial charge is 0.314 e. The van der Waals surface area contributed by atoms with Gasteiger partial charge in [0.2, 0.25) is 0 Å². The molecule has 1 nitrogen and oxygen atoms in total. The zero-order valence-corrected chi connectivity index (χ0v) is 12.0. The first kappa shape index (κ1) is 14.2. The Hall–Kier alpha value is -0.820. The first-order chi connectivity index (χ1) is 8.04. The number of rotatable bonds is 6. The minimum absolute atomic E-state index is 0.586. The highest BCUT2D eigenvalue weighted by atomic mass is 14.9. The number of aryl methyl sites for hydroxylation is 1. The molecular weight excluding hydrogens is 206 g/mol. The third-order valence-electron chi connectivity index (χ3n) is 3.73. The lowest BCUT2D eigenvalue weighted by Crippen LogP contribution is -2.38. The van der Waals surface area contributed by atoms with Gasteiger partial charge in [-0.1, -0.05) is 57.5 Å². The number of nitrogens with one attached hydrogen (secondary N) is 1. The van der Waals surface area contributed by atoms with Crippen molar-refractivity contribution < 1.29 is 0 Å². The predicted molar refractivity (Wildman–Crippen MR) is 76.3 cm³/mol. The van der Waals surface area contributed by atoms with Gasteiger partial charge >= 0.3 is 0 Å². The standard InChI is InChI=1S/C16H27N/c1-6-17-16(14(5)12(2)3)11-15-9-7-13(4)8-10-15/h7-10,12,14,16-17H,6,11H2,1-5H3. The maximum Gasteiger partial charge on any atom is 0.0135 e. The average molecular weight is 233 g/mol. The first-order valence-corrected chi connectivity index (χ1v) is 6.83. The van der Waals surface area contributed by atoms with Crippen LogP contribution in [0.3, 0.4) is 0 Å². The van der Waals surface area contributed by atoms with Gasteiger partial charge < -0.3 is 5.32 Å². The highest BCUT2D eigenvalue weighted by Gasteiger charge is 2.19. The SMILES string of the molecule is CCNC(Cc1ccc(C)cc1)C(C)C(C)C. The molecule has 1 aromatic carbocycles. The molecule has 0 amide bonds.